The summed E-state index contributed by atoms with van der Waals surface area (Å²) in [4.78, 5) is 25.2. The second kappa shape index (κ2) is 10.1. The smallest absolute Gasteiger partial charge is 0.325 e. The van der Waals surface area contributed by atoms with Crippen molar-refractivity contribution in [1.82, 2.24) is 4.90 Å². The van der Waals surface area contributed by atoms with Gasteiger partial charge in [0.15, 0.2) is 0 Å². The van der Waals surface area contributed by atoms with Crippen LogP contribution in [0.15, 0.2) is 24.3 Å². The fraction of sp³-hybridized carbons (Fsp3) is 0.556. The molecule has 0 aromatic heterocycles. The van der Waals surface area contributed by atoms with E-state index in [0.29, 0.717) is 11.4 Å². The first-order valence-corrected chi connectivity index (χ1v) is 10.4. The molecule has 0 heterocycles. The van der Waals surface area contributed by atoms with E-state index in [1.54, 1.807) is 45.0 Å². The molecule has 0 spiro atoms. The Kier molecular flexibility index (Phi) is 8.55. The van der Waals surface area contributed by atoms with E-state index >= 15 is 0 Å². The summed E-state index contributed by atoms with van der Waals surface area (Å²) in [6, 6.07) is 6.04. The molecule has 0 unspecified atom stereocenters. The topological polar surface area (TPSA) is 102 Å². The number of rotatable bonds is 10. The Balaban J connectivity index is 2.76. The zero-order valence-corrected chi connectivity index (χ0v) is 17.2. The lowest BCUT2D eigenvalue weighted by Gasteiger charge is -2.25. The van der Waals surface area contributed by atoms with Crippen LogP contribution in [0.25, 0.3) is 0 Å². The maximum atomic E-state index is 12.4. The molecule has 0 saturated heterocycles. The predicted octanol–water partition coefficient (Wildman–Crippen LogP) is 2.02. The van der Waals surface area contributed by atoms with Crippen LogP contribution >= 0.6 is 0 Å². The summed E-state index contributed by atoms with van der Waals surface area (Å²) in [5.41, 5.74) is 0.320. The van der Waals surface area contributed by atoms with E-state index in [2.05, 4.69) is 4.72 Å². The molecule has 152 valence electrons. The summed E-state index contributed by atoms with van der Waals surface area (Å²) in [6.07, 6.45) is 0.00609. The molecule has 8 nitrogen and oxygen atoms in total. The van der Waals surface area contributed by atoms with Crippen molar-refractivity contribution in [3.8, 4) is 5.75 Å². The normalized spacial score (nSPS) is 11.4. The SMILES string of the molecule is CCOC(=O)CN(C(=O)CS(=O)(=O)Nc1ccc(OC(C)C)cc1)C(C)C. The van der Waals surface area contributed by atoms with Crippen LogP contribution in [0.2, 0.25) is 0 Å². The number of nitrogens with one attached hydrogen (secondary N) is 1. The number of nitrogens with zero attached hydrogens (tertiary/aromatic N) is 1. The highest BCUT2D eigenvalue weighted by atomic mass is 32.2. The van der Waals surface area contributed by atoms with Crippen molar-refractivity contribution in [2.45, 2.75) is 46.8 Å². The van der Waals surface area contributed by atoms with E-state index in [1.165, 1.54) is 4.90 Å². The number of carbonyl (C=O) groups excluding carboxylic acids is 2. The van der Waals surface area contributed by atoms with Crippen LogP contribution in [0.4, 0.5) is 5.69 Å². The molecule has 0 aliphatic carbocycles. The number of sulfonamides is 1. The van der Waals surface area contributed by atoms with Gasteiger partial charge in [0.2, 0.25) is 15.9 Å². The molecule has 9 heteroatoms. The lowest BCUT2D eigenvalue weighted by Crippen LogP contribution is -2.44. The molecule has 1 aromatic carbocycles. The molecule has 27 heavy (non-hydrogen) atoms. The second-order valence-electron chi connectivity index (χ2n) is 6.47. The average molecular weight is 400 g/mol. The van der Waals surface area contributed by atoms with Gasteiger partial charge in [-0.25, -0.2) is 8.42 Å². The van der Waals surface area contributed by atoms with E-state index in [9.17, 15) is 18.0 Å². The Bertz CT molecular complexity index is 729. The van der Waals surface area contributed by atoms with Gasteiger partial charge in [0, 0.05) is 11.7 Å². The van der Waals surface area contributed by atoms with Gasteiger partial charge in [0.05, 0.1) is 12.7 Å². The van der Waals surface area contributed by atoms with E-state index in [0.717, 1.165) is 0 Å². The highest BCUT2D eigenvalue weighted by Crippen LogP contribution is 2.18. The minimum Gasteiger partial charge on any atom is -0.491 e. The number of hydrogen-bond acceptors (Lipinski definition) is 6. The van der Waals surface area contributed by atoms with E-state index < -0.39 is 27.7 Å². The third kappa shape index (κ3) is 8.29. The number of hydrogen-bond donors (Lipinski definition) is 1. The highest BCUT2D eigenvalue weighted by molar-refractivity contribution is 7.93. The van der Waals surface area contributed by atoms with Crippen LogP contribution in [0.1, 0.15) is 34.6 Å². The summed E-state index contributed by atoms with van der Waals surface area (Å²) in [5, 5.41) is 0. The average Bonchev–Trinajstić information content (AvgIpc) is 2.53. The lowest BCUT2D eigenvalue weighted by atomic mass is 10.3. The van der Waals surface area contributed by atoms with Crippen LogP contribution in [0.3, 0.4) is 0 Å². The monoisotopic (exact) mass is 400 g/mol. The molecular formula is C18H28N2O6S. The lowest BCUT2D eigenvalue weighted by molar-refractivity contribution is -0.149. The predicted molar refractivity (Wildman–Crippen MR) is 103 cm³/mol. The van der Waals surface area contributed by atoms with Gasteiger partial charge < -0.3 is 14.4 Å². The van der Waals surface area contributed by atoms with E-state index in [1.807, 2.05) is 13.8 Å². The Labute approximate surface area is 160 Å². The Morgan fingerprint density at radius 2 is 1.70 bits per heavy atom. The van der Waals surface area contributed by atoms with Gasteiger partial charge in [0.1, 0.15) is 18.0 Å². The van der Waals surface area contributed by atoms with Crippen LogP contribution in [-0.2, 0) is 24.3 Å². The van der Waals surface area contributed by atoms with Crippen LogP contribution < -0.4 is 9.46 Å². The second-order valence-corrected chi connectivity index (χ2v) is 8.19. The van der Waals surface area contributed by atoms with E-state index in [-0.39, 0.29) is 25.3 Å². The molecule has 1 N–H and O–H groups in total. The Morgan fingerprint density at radius 1 is 1.11 bits per heavy atom. The van der Waals surface area contributed by atoms with Gasteiger partial charge in [-0.15, -0.1) is 0 Å². The van der Waals surface area contributed by atoms with Gasteiger partial charge in [-0.1, -0.05) is 0 Å². The van der Waals surface area contributed by atoms with Gasteiger partial charge in [-0.2, -0.15) is 0 Å². The summed E-state index contributed by atoms with van der Waals surface area (Å²) >= 11 is 0. The van der Waals surface area contributed by atoms with Gasteiger partial charge >= 0.3 is 5.97 Å². The molecule has 0 saturated carbocycles. The third-order valence-corrected chi connectivity index (χ3v) is 4.54. The van der Waals surface area contributed by atoms with Crippen LogP contribution in [0.5, 0.6) is 5.75 Å². The minimum atomic E-state index is -3.93. The molecule has 0 radical (unpaired) electrons. The summed E-state index contributed by atoms with van der Waals surface area (Å²) < 4.78 is 37.3. The molecule has 0 fully saturated rings. The zero-order chi connectivity index (χ0) is 20.6. The first-order chi connectivity index (χ1) is 12.5. The molecule has 0 aliphatic heterocycles. The number of ether oxygens (including phenoxy) is 2. The number of esters is 1. The molecular weight excluding hydrogens is 372 g/mol. The maximum Gasteiger partial charge on any atom is 0.325 e. The standard InChI is InChI=1S/C18H28N2O6S/c1-6-25-18(22)11-20(13(2)3)17(21)12-27(23,24)19-15-7-9-16(10-8-15)26-14(4)5/h7-10,13-14,19H,6,11-12H2,1-5H3. The molecule has 0 atom stereocenters. The summed E-state index contributed by atoms with van der Waals surface area (Å²) in [5.74, 6) is -1.41. The van der Waals surface area contributed by atoms with Gasteiger partial charge in [0.25, 0.3) is 0 Å². The van der Waals surface area contributed by atoms with Crippen molar-refractivity contribution in [1.29, 1.82) is 0 Å². The van der Waals surface area contributed by atoms with Crippen LogP contribution in [0, 0.1) is 0 Å². The van der Waals surface area contributed by atoms with Crippen molar-refractivity contribution in [3.05, 3.63) is 24.3 Å². The first-order valence-electron chi connectivity index (χ1n) is 8.76. The Morgan fingerprint density at radius 3 is 2.19 bits per heavy atom. The fourth-order valence-corrected chi connectivity index (χ4v) is 3.30. The van der Waals surface area contributed by atoms with Gasteiger partial charge in [-0.3, -0.25) is 14.3 Å². The van der Waals surface area contributed by atoms with Crippen molar-refractivity contribution in [2.75, 3.05) is 23.6 Å². The molecule has 0 aliphatic rings. The number of benzene rings is 1. The van der Waals surface area contributed by atoms with Crippen LogP contribution in [-0.4, -0.2) is 56.2 Å². The highest BCUT2D eigenvalue weighted by Gasteiger charge is 2.26. The number of amides is 1. The minimum absolute atomic E-state index is 0.00609. The van der Waals surface area contributed by atoms with Crippen molar-refractivity contribution >= 4 is 27.6 Å². The number of carbonyl (C=O) groups is 2. The van der Waals surface area contributed by atoms with E-state index in [4.69, 9.17) is 9.47 Å². The van der Waals surface area contributed by atoms with Crippen molar-refractivity contribution in [2.24, 2.45) is 0 Å². The Hall–Kier alpha value is -2.29. The maximum absolute atomic E-state index is 12.4. The zero-order valence-electron chi connectivity index (χ0n) is 16.4. The summed E-state index contributed by atoms with van der Waals surface area (Å²) in [7, 11) is -3.93. The molecule has 0 bridgehead atoms. The fourth-order valence-electron chi connectivity index (χ4n) is 2.24. The molecule has 1 rings (SSSR count). The largest absolute Gasteiger partial charge is 0.491 e. The molecule has 1 amide bonds. The summed E-state index contributed by atoms with van der Waals surface area (Å²) in [6.45, 7) is 8.73. The number of anilines is 1. The first kappa shape index (κ1) is 22.8. The van der Waals surface area contributed by atoms with Gasteiger partial charge in [-0.05, 0) is 58.9 Å². The quantitative estimate of drug-likeness (QED) is 0.603. The third-order valence-electron chi connectivity index (χ3n) is 3.36. The van der Waals surface area contributed by atoms with Crippen molar-refractivity contribution in [3.63, 3.8) is 0 Å². The molecule has 1 aromatic rings. The van der Waals surface area contributed by atoms with Crippen molar-refractivity contribution < 1.29 is 27.5 Å².